The quantitative estimate of drug-likeness (QED) is 0.809. The smallest absolute Gasteiger partial charge is 0.121 e. The van der Waals surface area contributed by atoms with Gasteiger partial charge in [0.05, 0.1) is 6.04 Å². The van der Waals surface area contributed by atoms with E-state index in [0.717, 1.165) is 31.0 Å². The molecule has 15 heavy (non-hydrogen) atoms. The van der Waals surface area contributed by atoms with Crippen LogP contribution >= 0.6 is 0 Å². The second kappa shape index (κ2) is 4.37. The number of nitrogens with zero attached hydrogens (tertiary/aromatic N) is 1. The van der Waals surface area contributed by atoms with Gasteiger partial charge < -0.3 is 10.2 Å². The van der Waals surface area contributed by atoms with Gasteiger partial charge in [-0.3, -0.25) is 4.90 Å². The van der Waals surface area contributed by atoms with Crippen molar-refractivity contribution < 1.29 is 4.42 Å². The number of hydrogen-bond donors (Lipinski definition) is 1. The average molecular weight is 208 g/mol. The topological polar surface area (TPSA) is 42.4 Å². The fourth-order valence-corrected chi connectivity index (χ4v) is 2.25. The summed E-state index contributed by atoms with van der Waals surface area (Å²) in [6.45, 7) is 6.30. The van der Waals surface area contributed by atoms with Crippen molar-refractivity contribution in [3.05, 3.63) is 23.7 Å². The van der Waals surface area contributed by atoms with Crippen LogP contribution in [0.4, 0.5) is 0 Å². The zero-order valence-corrected chi connectivity index (χ0v) is 9.57. The molecule has 1 fully saturated rings. The van der Waals surface area contributed by atoms with Crippen LogP contribution in [-0.2, 0) is 0 Å². The maximum Gasteiger partial charge on any atom is 0.121 e. The third kappa shape index (κ3) is 2.41. The zero-order chi connectivity index (χ0) is 10.8. The number of likely N-dealkylation sites (tertiary alicyclic amines) is 1. The van der Waals surface area contributed by atoms with E-state index in [1.54, 1.807) is 0 Å². The van der Waals surface area contributed by atoms with E-state index in [0.29, 0.717) is 12.1 Å². The lowest BCUT2D eigenvalue weighted by atomic mass is 10.0. The molecule has 2 rings (SSSR count). The zero-order valence-electron chi connectivity index (χ0n) is 9.57. The second-order valence-corrected chi connectivity index (χ2v) is 4.52. The van der Waals surface area contributed by atoms with E-state index in [1.165, 1.54) is 6.42 Å². The van der Waals surface area contributed by atoms with Crippen LogP contribution in [0.5, 0.6) is 0 Å². The predicted octanol–water partition coefficient (Wildman–Crippen LogP) is 2.07. The molecule has 1 saturated heterocycles. The predicted molar refractivity (Wildman–Crippen MR) is 60.6 cm³/mol. The van der Waals surface area contributed by atoms with Crippen molar-refractivity contribution in [2.45, 2.75) is 38.8 Å². The van der Waals surface area contributed by atoms with Crippen molar-refractivity contribution in [2.75, 3.05) is 13.1 Å². The van der Waals surface area contributed by atoms with Crippen LogP contribution < -0.4 is 5.73 Å². The largest absolute Gasteiger partial charge is 0.465 e. The van der Waals surface area contributed by atoms with Crippen molar-refractivity contribution in [1.82, 2.24) is 4.90 Å². The summed E-state index contributed by atoms with van der Waals surface area (Å²) >= 11 is 0. The fourth-order valence-electron chi connectivity index (χ4n) is 2.25. The standard InChI is InChI=1S/C12H20N2O/c1-9-5-6-12(15-9)10(2)14-7-3-4-11(13)8-14/h5-6,10-11H,3-4,7-8,13H2,1-2H3. The van der Waals surface area contributed by atoms with Crippen molar-refractivity contribution in [3.63, 3.8) is 0 Å². The molecule has 3 nitrogen and oxygen atoms in total. The van der Waals surface area contributed by atoms with Gasteiger partial charge in [-0.2, -0.15) is 0 Å². The highest BCUT2D eigenvalue weighted by Crippen LogP contribution is 2.24. The molecule has 2 heterocycles. The Bertz CT molecular complexity index is 321. The van der Waals surface area contributed by atoms with Crippen molar-refractivity contribution >= 4 is 0 Å². The van der Waals surface area contributed by atoms with Crippen LogP contribution in [0.25, 0.3) is 0 Å². The number of hydrogen-bond acceptors (Lipinski definition) is 3. The van der Waals surface area contributed by atoms with Gasteiger partial charge in [-0.1, -0.05) is 0 Å². The first-order valence-corrected chi connectivity index (χ1v) is 5.73. The fraction of sp³-hybridized carbons (Fsp3) is 0.667. The molecule has 0 radical (unpaired) electrons. The van der Waals surface area contributed by atoms with Gasteiger partial charge >= 0.3 is 0 Å². The van der Waals surface area contributed by atoms with E-state index in [4.69, 9.17) is 10.2 Å². The molecular weight excluding hydrogens is 188 g/mol. The van der Waals surface area contributed by atoms with E-state index in [-0.39, 0.29) is 0 Å². The number of furan rings is 1. The Morgan fingerprint density at radius 1 is 1.53 bits per heavy atom. The lowest BCUT2D eigenvalue weighted by Crippen LogP contribution is -2.43. The molecule has 2 unspecified atom stereocenters. The Morgan fingerprint density at radius 3 is 2.93 bits per heavy atom. The summed E-state index contributed by atoms with van der Waals surface area (Å²) in [7, 11) is 0. The van der Waals surface area contributed by atoms with Gasteiger partial charge in [0.1, 0.15) is 11.5 Å². The Kier molecular flexibility index (Phi) is 3.12. The molecule has 0 aromatic carbocycles. The maximum absolute atomic E-state index is 5.97. The van der Waals surface area contributed by atoms with E-state index >= 15 is 0 Å². The average Bonchev–Trinajstić information content (AvgIpc) is 2.64. The van der Waals surface area contributed by atoms with Crippen molar-refractivity contribution in [3.8, 4) is 0 Å². The molecule has 3 heteroatoms. The number of aryl methyl sites for hydroxylation is 1. The second-order valence-electron chi connectivity index (χ2n) is 4.52. The highest BCUT2D eigenvalue weighted by atomic mass is 16.3. The summed E-state index contributed by atoms with van der Waals surface area (Å²) in [5.74, 6) is 2.04. The molecule has 2 N–H and O–H groups in total. The minimum absolute atomic E-state index is 0.331. The van der Waals surface area contributed by atoms with Crippen LogP contribution in [0, 0.1) is 6.92 Å². The SMILES string of the molecule is Cc1ccc(C(C)N2CCCC(N)C2)o1. The molecule has 1 aromatic rings. The first-order valence-electron chi connectivity index (χ1n) is 5.73. The number of piperidine rings is 1. The molecule has 0 amide bonds. The van der Waals surface area contributed by atoms with Crippen LogP contribution in [0.3, 0.4) is 0 Å². The molecular formula is C12H20N2O. The maximum atomic E-state index is 5.97. The van der Waals surface area contributed by atoms with Gasteiger partial charge in [0.15, 0.2) is 0 Å². The monoisotopic (exact) mass is 208 g/mol. The summed E-state index contributed by atoms with van der Waals surface area (Å²) in [5.41, 5.74) is 5.97. The van der Waals surface area contributed by atoms with Crippen LogP contribution in [0.2, 0.25) is 0 Å². The first-order chi connectivity index (χ1) is 7.16. The Balaban J connectivity index is 2.03. The van der Waals surface area contributed by atoms with E-state index in [1.807, 2.05) is 13.0 Å². The van der Waals surface area contributed by atoms with Gasteiger partial charge in [-0.15, -0.1) is 0 Å². The van der Waals surface area contributed by atoms with Crippen LogP contribution in [0.15, 0.2) is 16.5 Å². The lowest BCUT2D eigenvalue weighted by molar-refractivity contribution is 0.143. The highest BCUT2D eigenvalue weighted by molar-refractivity contribution is 5.09. The lowest BCUT2D eigenvalue weighted by Gasteiger charge is -2.34. The normalized spacial score (nSPS) is 25.4. The minimum atomic E-state index is 0.331. The first kappa shape index (κ1) is 10.7. The van der Waals surface area contributed by atoms with E-state index in [9.17, 15) is 0 Å². The summed E-state index contributed by atoms with van der Waals surface area (Å²) in [6.07, 6.45) is 2.35. The van der Waals surface area contributed by atoms with Crippen molar-refractivity contribution in [2.24, 2.45) is 5.73 Å². The molecule has 84 valence electrons. The number of rotatable bonds is 2. The van der Waals surface area contributed by atoms with Gasteiger partial charge in [0.25, 0.3) is 0 Å². The van der Waals surface area contributed by atoms with Gasteiger partial charge in [0, 0.05) is 12.6 Å². The Hall–Kier alpha value is -0.800. The molecule has 0 spiro atoms. The third-order valence-corrected chi connectivity index (χ3v) is 3.21. The summed E-state index contributed by atoms with van der Waals surface area (Å²) in [5, 5.41) is 0. The van der Waals surface area contributed by atoms with Gasteiger partial charge in [0.2, 0.25) is 0 Å². The summed E-state index contributed by atoms with van der Waals surface area (Å²) in [4.78, 5) is 2.41. The molecule has 2 atom stereocenters. The molecule has 0 bridgehead atoms. The molecule has 1 aliphatic heterocycles. The van der Waals surface area contributed by atoms with E-state index < -0.39 is 0 Å². The molecule has 0 aliphatic carbocycles. The molecule has 1 aliphatic rings. The summed E-state index contributed by atoms with van der Waals surface area (Å²) in [6, 6.07) is 4.78. The summed E-state index contributed by atoms with van der Waals surface area (Å²) < 4.78 is 5.65. The Morgan fingerprint density at radius 2 is 2.33 bits per heavy atom. The Labute approximate surface area is 91.2 Å². The highest BCUT2D eigenvalue weighted by Gasteiger charge is 2.23. The van der Waals surface area contributed by atoms with Crippen LogP contribution in [-0.4, -0.2) is 24.0 Å². The van der Waals surface area contributed by atoms with E-state index in [2.05, 4.69) is 17.9 Å². The number of nitrogens with two attached hydrogens (primary N) is 1. The van der Waals surface area contributed by atoms with Gasteiger partial charge in [-0.25, -0.2) is 0 Å². The molecule has 0 saturated carbocycles. The van der Waals surface area contributed by atoms with Gasteiger partial charge in [-0.05, 0) is 45.4 Å². The van der Waals surface area contributed by atoms with Crippen molar-refractivity contribution in [1.29, 1.82) is 0 Å². The molecule has 1 aromatic heterocycles. The minimum Gasteiger partial charge on any atom is -0.465 e. The third-order valence-electron chi connectivity index (χ3n) is 3.21. The van der Waals surface area contributed by atoms with Crippen LogP contribution in [0.1, 0.15) is 37.3 Å².